The topological polar surface area (TPSA) is 35.1 Å². The summed E-state index contributed by atoms with van der Waals surface area (Å²) in [5.74, 6) is 0. The average molecular weight is 381 g/mol. The number of rotatable bonds is 3. The van der Waals surface area contributed by atoms with Crippen LogP contribution in [0, 0.1) is 41.5 Å². The summed E-state index contributed by atoms with van der Waals surface area (Å²) in [6.45, 7) is 19.9. The second-order valence-electron chi connectivity index (χ2n) is 6.31. The van der Waals surface area contributed by atoms with Crippen molar-refractivity contribution in [3.05, 3.63) is 33.4 Å². The molecule has 0 atom stereocenters. The van der Waals surface area contributed by atoms with Crippen molar-refractivity contribution in [3.8, 4) is 0 Å². The fourth-order valence-electron chi connectivity index (χ4n) is 2.22. The number of nitrogens with one attached hydrogen (secondary N) is 1. The van der Waals surface area contributed by atoms with Crippen LogP contribution in [0.3, 0.4) is 0 Å². The van der Waals surface area contributed by atoms with Gasteiger partial charge in [0, 0.05) is 0 Å². The molecule has 1 radical (unpaired) electrons. The zero-order valence-electron chi connectivity index (χ0n) is 15.2. The molecule has 0 aliphatic rings. The fourth-order valence-corrected chi connectivity index (χ4v) is 2.22. The van der Waals surface area contributed by atoms with Crippen LogP contribution in [0.25, 0.3) is 0 Å². The summed E-state index contributed by atoms with van der Waals surface area (Å²) in [6, 6.07) is 0. The van der Waals surface area contributed by atoms with Crippen LogP contribution in [0.15, 0.2) is 0 Å². The van der Waals surface area contributed by atoms with Gasteiger partial charge >= 0.3 is 19.5 Å². The molecule has 0 aliphatic carbocycles. The van der Waals surface area contributed by atoms with E-state index in [1.165, 1.54) is 33.4 Å². The molecule has 124 valence electrons. The van der Waals surface area contributed by atoms with E-state index in [-0.39, 0.29) is 31.6 Å². The quantitative estimate of drug-likeness (QED) is 0.818. The molecule has 1 aromatic carbocycles. The average Bonchev–Trinajstić information content (AvgIpc) is 2.41. The van der Waals surface area contributed by atoms with E-state index in [1.54, 1.807) is 0 Å². The Hall–Kier alpha value is -0.237. The Morgan fingerprint density at radius 3 is 1.10 bits per heavy atom. The SMILES string of the molecule is CCNC(C)(C)C[O-].Cc1c(C)c(C)c(C)c(C)c1C.[RuH+]. The van der Waals surface area contributed by atoms with Crippen LogP contribution in [0.4, 0.5) is 0 Å². The van der Waals surface area contributed by atoms with Crippen molar-refractivity contribution in [2.24, 2.45) is 0 Å². The van der Waals surface area contributed by atoms with E-state index in [1.807, 2.05) is 20.8 Å². The maximum absolute atomic E-state index is 10.3. The number of likely N-dealkylation sites (N-methyl/N-ethyl adjacent to an activating group) is 1. The Kier molecular flexibility index (Phi) is 10.7. The van der Waals surface area contributed by atoms with E-state index in [0.29, 0.717) is 0 Å². The van der Waals surface area contributed by atoms with Gasteiger partial charge in [0.2, 0.25) is 0 Å². The van der Waals surface area contributed by atoms with Gasteiger partial charge in [-0.05, 0) is 101 Å². The second kappa shape index (κ2) is 9.71. The third-order valence-electron chi connectivity index (χ3n) is 4.39. The zero-order chi connectivity index (χ0) is 16.1. The fraction of sp³-hybridized carbons (Fsp3) is 0.667. The first-order chi connectivity index (χ1) is 9.09. The molecule has 0 heterocycles. The predicted molar refractivity (Wildman–Crippen MR) is 88.9 cm³/mol. The van der Waals surface area contributed by atoms with E-state index >= 15 is 0 Å². The Morgan fingerprint density at radius 1 is 0.762 bits per heavy atom. The summed E-state index contributed by atoms with van der Waals surface area (Å²) in [7, 11) is 0. The molecule has 1 rings (SSSR count). The van der Waals surface area contributed by atoms with Crippen LogP contribution in [-0.4, -0.2) is 18.7 Å². The number of benzene rings is 1. The summed E-state index contributed by atoms with van der Waals surface area (Å²) in [6.07, 6.45) is 0. The molecule has 0 aliphatic heterocycles. The molecule has 1 aromatic rings. The van der Waals surface area contributed by atoms with Crippen molar-refractivity contribution in [3.63, 3.8) is 0 Å². The van der Waals surface area contributed by atoms with E-state index in [2.05, 4.69) is 46.9 Å². The number of hydrogen-bond donors (Lipinski definition) is 1. The van der Waals surface area contributed by atoms with E-state index in [4.69, 9.17) is 0 Å². The van der Waals surface area contributed by atoms with Crippen molar-refractivity contribution in [2.45, 2.75) is 67.9 Å². The molecule has 1 N–H and O–H groups in total. The summed E-state index contributed by atoms with van der Waals surface area (Å²) in [5, 5.41) is 13.3. The summed E-state index contributed by atoms with van der Waals surface area (Å²) in [5.41, 5.74) is 8.51. The monoisotopic (exact) mass is 381 g/mol. The summed E-state index contributed by atoms with van der Waals surface area (Å²) >= 11 is 0. The van der Waals surface area contributed by atoms with Gasteiger partial charge in [0.05, 0.1) is 0 Å². The Labute approximate surface area is 144 Å². The van der Waals surface area contributed by atoms with Crippen molar-refractivity contribution >= 4 is 0 Å². The van der Waals surface area contributed by atoms with Crippen LogP contribution in [0.1, 0.15) is 54.2 Å². The molecule has 2 nitrogen and oxygen atoms in total. The predicted octanol–water partition coefficient (Wildman–Crippen LogP) is 3.00. The van der Waals surface area contributed by atoms with Crippen molar-refractivity contribution < 1.29 is 24.6 Å². The van der Waals surface area contributed by atoms with Gasteiger partial charge in [-0.2, -0.15) is 0 Å². The molecule has 21 heavy (non-hydrogen) atoms. The first-order valence-corrected chi connectivity index (χ1v) is 7.45. The van der Waals surface area contributed by atoms with E-state index < -0.39 is 0 Å². The molecule has 0 fully saturated rings. The van der Waals surface area contributed by atoms with Crippen LogP contribution >= 0.6 is 0 Å². The normalized spacial score (nSPS) is 10.6. The molecule has 0 saturated heterocycles. The van der Waals surface area contributed by atoms with Crippen LogP contribution < -0.4 is 10.4 Å². The molecular weight excluding hydrogens is 347 g/mol. The van der Waals surface area contributed by atoms with Crippen molar-refractivity contribution in [1.29, 1.82) is 0 Å². The van der Waals surface area contributed by atoms with Gasteiger partial charge in [0.25, 0.3) is 0 Å². The number of hydrogen-bond acceptors (Lipinski definition) is 2. The van der Waals surface area contributed by atoms with E-state index in [9.17, 15) is 5.11 Å². The Balaban J connectivity index is 0. The Bertz CT molecular complexity index is 348. The minimum absolute atomic E-state index is 0. The van der Waals surface area contributed by atoms with Gasteiger partial charge in [-0.15, -0.1) is 6.61 Å². The molecule has 0 saturated carbocycles. The van der Waals surface area contributed by atoms with Gasteiger partial charge in [0.15, 0.2) is 0 Å². The molecule has 0 bridgehead atoms. The Morgan fingerprint density at radius 2 is 1.00 bits per heavy atom. The van der Waals surface area contributed by atoms with Crippen molar-refractivity contribution in [1.82, 2.24) is 5.32 Å². The second-order valence-corrected chi connectivity index (χ2v) is 6.31. The minimum atomic E-state index is -0.214. The molecule has 0 unspecified atom stereocenters. The molecule has 0 aromatic heterocycles. The molecule has 0 amide bonds. The van der Waals surface area contributed by atoms with Crippen LogP contribution in [0.5, 0.6) is 0 Å². The standard InChI is InChI=1S/C12H18.C6H14NO.Ru.H/c1-7-8(2)10(4)12(6)11(5)9(7)3;1-4-7-6(2,3)5-8;;/h1-6H3;7H,4-5H2,1-3H3;;/q;-1;+1;. The van der Waals surface area contributed by atoms with Crippen molar-refractivity contribution in [2.75, 3.05) is 13.2 Å². The van der Waals surface area contributed by atoms with Gasteiger partial charge in [0.1, 0.15) is 0 Å². The zero-order valence-corrected chi connectivity index (χ0v) is 17.1. The first kappa shape index (κ1) is 23.0. The van der Waals surface area contributed by atoms with Gasteiger partial charge < -0.3 is 10.4 Å². The van der Waals surface area contributed by atoms with Crippen LogP contribution in [-0.2, 0) is 19.5 Å². The third kappa shape index (κ3) is 6.59. The molecule has 0 spiro atoms. The van der Waals surface area contributed by atoms with Gasteiger partial charge in [-0.3, -0.25) is 0 Å². The van der Waals surface area contributed by atoms with Gasteiger partial charge in [-0.1, -0.05) is 6.92 Å². The molecule has 3 heteroatoms. The van der Waals surface area contributed by atoms with E-state index in [0.717, 1.165) is 6.54 Å². The maximum atomic E-state index is 10.3. The third-order valence-corrected chi connectivity index (χ3v) is 4.39. The summed E-state index contributed by atoms with van der Waals surface area (Å²) in [4.78, 5) is 0. The van der Waals surface area contributed by atoms with Crippen LogP contribution in [0.2, 0.25) is 0 Å². The first-order valence-electron chi connectivity index (χ1n) is 7.45. The van der Waals surface area contributed by atoms with Gasteiger partial charge in [-0.25, -0.2) is 0 Å². The molecular formula is C18H33NORu. The summed E-state index contributed by atoms with van der Waals surface area (Å²) < 4.78 is 0.